The molecule has 4 atom stereocenters. The molecule has 0 aliphatic carbocycles. The van der Waals surface area contributed by atoms with Gasteiger partial charge < -0.3 is 14.2 Å². The Morgan fingerprint density at radius 1 is 1.17 bits per heavy atom. The van der Waals surface area contributed by atoms with Crippen molar-refractivity contribution >= 4 is 17.9 Å². The molecule has 1 aliphatic heterocycles. The van der Waals surface area contributed by atoms with E-state index in [0.717, 1.165) is 32.1 Å². The summed E-state index contributed by atoms with van der Waals surface area (Å²) in [5.74, 6) is -1.69. The number of ether oxygens (including phenoxy) is 3. The molecule has 29 heavy (non-hydrogen) atoms. The van der Waals surface area contributed by atoms with Crippen LogP contribution in [0.5, 0.6) is 0 Å². The molecule has 1 saturated heterocycles. The van der Waals surface area contributed by atoms with Gasteiger partial charge in [0.15, 0.2) is 0 Å². The minimum absolute atomic E-state index is 0.0116. The Bertz CT molecular complexity index is 548. The molecule has 0 N–H and O–H groups in total. The van der Waals surface area contributed by atoms with Crippen LogP contribution in [0.4, 0.5) is 0 Å². The molecule has 0 spiro atoms. The Balaban J connectivity index is 2.93. The molecule has 0 amide bonds. The van der Waals surface area contributed by atoms with Crippen molar-refractivity contribution in [1.29, 1.82) is 0 Å². The minimum Gasteiger partial charge on any atom is -0.460 e. The van der Waals surface area contributed by atoms with Crippen molar-refractivity contribution in [1.82, 2.24) is 0 Å². The van der Waals surface area contributed by atoms with Crippen LogP contribution in [0, 0.1) is 17.8 Å². The van der Waals surface area contributed by atoms with Crippen molar-refractivity contribution in [2.24, 2.45) is 17.8 Å². The summed E-state index contributed by atoms with van der Waals surface area (Å²) < 4.78 is 16.9. The van der Waals surface area contributed by atoms with Crippen LogP contribution >= 0.6 is 0 Å². The van der Waals surface area contributed by atoms with Gasteiger partial charge in [0.2, 0.25) is 0 Å². The second kappa shape index (κ2) is 11.6. The first-order valence-corrected chi connectivity index (χ1v) is 11.1. The molecule has 6 heteroatoms. The first-order valence-electron chi connectivity index (χ1n) is 11.1. The minimum atomic E-state index is -0.590. The Labute approximate surface area is 176 Å². The maximum atomic E-state index is 12.8. The lowest BCUT2D eigenvalue weighted by atomic mass is 9.86. The van der Waals surface area contributed by atoms with Crippen LogP contribution in [0.25, 0.3) is 0 Å². The highest BCUT2D eigenvalue weighted by Gasteiger charge is 2.36. The highest BCUT2D eigenvalue weighted by molar-refractivity contribution is 5.80. The summed E-state index contributed by atoms with van der Waals surface area (Å²) in [6.45, 7) is 12.9. The van der Waals surface area contributed by atoms with E-state index in [1.165, 1.54) is 0 Å². The van der Waals surface area contributed by atoms with Crippen LogP contribution in [-0.2, 0) is 28.6 Å². The molecule has 0 aromatic rings. The van der Waals surface area contributed by atoms with Gasteiger partial charge in [-0.3, -0.25) is 14.4 Å². The van der Waals surface area contributed by atoms with Gasteiger partial charge in [0.05, 0.1) is 18.3 Å². The molecule has 1 rings (SSSR count). The van der Waals surface area contributed by atoms with Crippen LogP contribution in [-0.4, -0.2) is 35.7 Å². The monoisotopic (exact) mass is 412 g/mol. The molecular weight excluding hydrogens is 372 g/mol. The van der Waals surface area contributed by atoms with E-state index in [1.54, 1.807) is 41.5 Å². The van der Waals surface area contributed by atoms with Gasteiger partial charge in [-0.1, -0.05) is 40.0 Å². The van der Waals surface area contributed by atoms with E-state index >= 15 is 0 Å². The zero-order valence-electron chi connectivity index (χ0n) is 19.3. The molecule has 1 aliphatic rings. The van der Waals surface area contributed by atoms with Gasteiger partial charge in [0, 0.05) is 0 Å². The molecule has 0 bridgehead atoms. The highest BCUT2D eigenvalue weighted by atomic mass is 16.6. The molecule has 0 radical (unpaired) electrons. The summed E-state index contributed by atoms with van der Waals surface area (Å²) in [6, 6.07) is 0. The average molecular weight is 413 g/mol. The zero-order chi connectivity index (χ0) is 22.2. The van der Waals surface area contributed by atoms with E-state index < -0.39 is 35.7 Å². The SMILES string of the molecule is CCC[C@H]1CCCC[C@H](CC(=O)OC(C)(C)C)C(=O)O[C@@H](C)[C@@H]1OC(=O)C(C)C. The van der Waals surface area contributed by atoms with E-state index in [0.29, 0.717) is 6.42 Å². The molecule has 0 aromatic carbocycles. The van der Waals surface area contributed by atoms with Crippen LogP contribution in [0.2, 0.25) is 0 Å². The molecule has 1 fully saturated rings. The second-order valence-corrected chi connectivity index (χ2v) is 9.52. The number of esters is 3. The van der Waals surface area contributed by atoms with Crippen LogP contribution in [0.15, 0.2) is 0 Å². The predicted octanol–water partition coefficient (Wildman–Crippen LogP) is 4.82. The lowest BCUT2D eigenvalue weighted by Gasteiger charge is -2.33. The van der Waals surface area contributed by atoms with Gasteiger partial charge in [-0.2, -0.15) is 0 Å². The molecule has 6 nitrogen and oxygen atoms in total. The Morgan fingerprint density at radius 2 is 1.79 bits per heavy atom. The van der Waals surface area contributed by atoms with E-state index in [-0.39, 0.29) is 24.2 Å². The predicted molar refractivity (Wildman–Crippen MR) is 111 cm³/mol. The molecule has 0 unspecified atom stereocenters. The standard InChI is InChI=1S/C23H40O6/c1-8-11-17-12-9-10-13-18(14-19(24)29-23(5,6)7)22(26)27-16(4)20(17)28-21(25)15(2)3/h15-18,20H,8-14H2,1-7H3/t16-,17-,18+,20-/m0/s1. The molecular formula is C23H40O6. The van der Waals surface area contributed by atoms with Gasteiger partial charge >= 0.3 is 17.9 Å². The first kappa shape index (κ1) is 25.4. The van der Waals surface area contributed by atoms with Gasteiger partial charge in [0.25, 0.3) is 0 Å². The third-order valence-corrected chi connectivity index (χ3v) is 5.16. The van der Waals surface area contributed by atoms with Gasteiger partial charge in [-0.15, -0.1) is 0 Å². The smallest absolute Gasteiger partial charge is 0.309 e. The number of hydrogen-bond acceptors (Lipinski definition) is 6. The lowest BCUT2D eigenvalue weighted by Crippen LogP contribution is -2.41. The van der Waals surface area contributed by atoms with E-state index in [1.807, 2.05) is 0 Å². The molecule has 168 valence electrons. The van der Waals surface area contributed by atoms with E-state index in [4.69, 9.17) is 14.2 Å². The van der Waals surface area contributed by atoms with Gasteiger partial charge in [-0.25, -0.2) is 0 Å². The van der Waals surface area contributed by atoms with Crippen molar-refractivity contribution in [2.75, 3.05) is 0 Å². The van der Waals surface area contributed by atoms with Crippen LogP contribution in [0.3, 0.4) is 0 Å². The fourth-order valence-corrected chi connectivity index (χ4v) is 3.72. The number of hydrogen-bond donors (Lipinski definition) is 0. The lowest BCUT2D eigenvalue weighted by molar-refractivity contribution is -0.178. The van der Waals surface area contributed by atoms with E-state index in [9.17, 15) is 14.4 Å². The first-order chi connectivity index (χ1) is 13.4. The number of carbonyl (C=O) groups excluding carboxylic acids is 3. The fraction of sp³-hybridized carbons (Fsp3) is 0.870. The number of carbonyl (C=O) groups is 3. The average Bonchev–Trinajstić information content (AvgIpc) is 2.58. The van der Waals surface area contributed by atoms with Crippen molar-refractivity contribution < 1.29 is 28.6 Å². The van der Waals surface area contributed by atoms with E-state index in [2.05, 4.69) is 6.92 Å². The largest absolute Gasteiger partial charge is 0.460 e. The van der Waals surface area contributed by atoms with Crippen LogP contribution < -0.4 is 0 Å². The summed E-state index contributed by atoms with van der Waals surface area (Å²) in [7, 11) is 0. The van der Waals surface area contributed by atoms with Crippen LogP contribution in [0.1, 0.15) is 93.4 Å². The third-order valence-electron chi connectivity index (χ3n) is 5.16. The fourth-order valence-electron chi connectivity index (χ4n) is 3.72. The summed E-state index contributed by atoms with van der Waals surface area (Å²) in [5, 5.41) is 0. The number of rotatable bonds is 6. The Morgan fingerprint density at radius 3 is 2.34 bits per heavy atom. The highest BCUT2D eigenvalue weighted by Crippen LogP contribution is 2.30. The summed E-state index contributed by atoms with van der Waals surface area (Å²) in [4.78, 5) is 37.3. The summed E-state index contributed by atoms with van der Waals surface area (Å²) >= 11 is 0. The quantitative estimate of drug-likeness (QED) is 0.459. The van der Waals surface area contributed by atoms with Crippen molar-refractivity contribution in [3.63, 3.8) is 0 Å². The Hall–Kier alpha value is -1.59. The third kappa shape index (κ3) is 9.18. The maximum absolute atomic E-state index is 12.8. The number of cyclic esters (lactones) is 1. The van der Waals surface area contributed by atoms with Crippen molar-refractivity contribution in [2.45, 2.75) is 111 Å². The maximum Gasteiger partial charge on any atom is 0.309 e. The summed E-state index contributed by atoms with van der Waals surface area (Å²) in [6.07, 6.45) is 4.13. The van der Waals surface area contributed by atoms with Gasteiger partial charge in [0.1, 0.15) is 17.8 Å². The second-order valence-electron chi connectivity index (χ2n) is 9.52. The topological polar surface area (TPSA) is 78.9 Å². The zero-order valence-corrected chi connectivity index (χ0v) is 19.3. The Kier molecular flexibility index (Phi) is 10.1. The normalized spacial score (nSPS) is 26.6. The summed E-state index contributed by atoms with van der Waals surface area (Å²) in [5.41, 5.74) is -0.590. The molecule has 1 heterocycles. The molecule has 0 saturated carbocycles. The molecule has 0 aromatic heterocycles. The van der Waals surface area contributed by atoms with Gasteiger partial charge in [-0.05, 0) is 52.9 Å². The van der Waals surface area contributed by atoms with Crippen molar-refractivity contribution in [3.05, 3.63) is 0 Å². The van der Waals surface area contributed by atoms with Crippen molar-refractivity contribution in [3.8, 4) is 0 Å².